The summed E-state index contributed by atoms with van der Waals surface area (Å²) in [6.45, 7) is 2.84. The molecular formula is C14H19BrN2O2. The van der Waals surface area contributed by atoms with Gasteiger partial charge in [0.25, 0.3) is 5.91 Å². The van der Waals surface area contributed by atoms with E-state index in [2.05, 4.69) is 28.2 Å². The van der Waals surface area contributed by atoms with Gasteiger partial charge in [0.15, 0.2) is 0 Å². The average molecular weight is 327 g/mol. The van der Waals surface area contributed by atoms with Crippen molar-refractivity contribution in [2.75, 3.05) is 20.1 Å². The number of unbranched alkanes of at least 4 members (excludes halogenated alkanes) is 1. The minimum absolute atomic E-state index is 0.0368. The smallest absolute Gasteiger partial charge is 0.251 e. The second-order valence-electron chi connectivity index (χ2n) is 4.36. The summed E-state index contributed by atoms with van der Waals surface area (Å²) in [5.74, 6) is -0.302. The summed E-state index contributed by atoms with van der Waals surface area (Å²) in [7, 11) is 1.75. The molecule has 0 aromatic heterocycles. The number of nitrogens with one attached hydrogen (secondary N) is 1. The van der Waals surface area contributed by atoms with E-state index in [9.17, 15) is 9.59 Å². The number of carbonyl (C=O) groups excluding carboxylic acids is 2. The lowest BCUT2D eigenvalue weighted by Crippen LogP contribution is -2.38. The van der Waals surface area contributed by atoms with Gasteiger partial charge in [-0.2, -0.15) is 0 Å². The third kappa shape index (κ3) is 5.42. The molecule has 0 radical (unpaired) electrons. The molecule has 1 N–H and O–H groups in total. The van der Waals surface area contributed by atoms with Crippen molar-refractivity contribution in [3.8, 4) is 0 Å². The monoisotopic (exact) mass is 326 g/mol. The van der Waals surface area contributed by atoms with Gasteiger partial charge < -0.3 is 10.2 Å². The first-order valence-electron chi connectivity index (χ1n) is 6.32. The van der Waals surface area contributed by atoms with Crippen LogP contribution in [0.1, 0.15) is 30.1 Å². The highest BCUT2D eigenvalue weighted by Crippen LogP contribution is 2.10. The van der Waals surface area contributed by atoms with Crippen molar-refractivity contribution in [2.45, 2.75) is 19.8 Å². The molecule has 5 heteroatoms. The van der Waals surface area contributed by atoms with Gasteiger partial charge >= 0.3 is 0 Å². The second kappa shape index (κ2) is 7.94. The molecule has 0 heterocycles. The largest absolute Gasteiger partial charge is 0.344 e. The Hall–Kier alpha value is -1.36. The number of hydrogen-bond acceptors (Lipinski definition) is 2. The Labute approximate surface area is 122 Å². The third-order valence-electron chi connectivity index (χ3n) is 2.78. The Kier molecular flexibility index (Phi) is 6.56. The summed E-state index contributed by atoms with van der Waals surface area (Å²) in [5, 5.41) is 2.63. The maximum absolute atomic E-state index is 11.8. The van der Waals surface area contributed by atoms with Crippen molar-refractivity contribution in [2.24, 2.45) is 0 Å². The molecule has 19 heavy (non-hydrogen) atoms. The molecular weight excluding hydrogens is 308 g/mol. The molecule has 0 fully saturated rings. The van der Waals surface area contributed by atoms with Crippen LogP contribution in [0.15, 0.2) is 28.7 Å². The number of benzene rings is 1. The highest BCUT2D eigenvalue weighted by atomic mass is 79.9. The lowest BCUT2D eigenvalue weighted by molar-refractivity contribution is -0.128. The van der Waals surface area contributed by atoms with Crippen molar-refractivity contribution in [3.05, 3.63) is 34.3 Å². The highest BCUT2D eigenvalue weighted by Gasteiger charge is 2.11. The van der Waals surface area contributed by atoms with Gasteiger partial charge in [-0.15, -0.1) is 0 Å². The van der Waals surface area contributed by atoms with E-state index in [4.69, 9.17) is 0 Å². The fourth-order valence-electron chi connectivity index (χ4n) is 1.51. The number of rotatable bonds is 6. The average Bonchev–Trinajstić information content (AvgIpc) is 2.42. The zero-order valence-corrected chi connectivity index (χ0v) is 12.9. The standard InChI is InChI=1S/C14H19BrN2O2/c1-3-4-9-17(2)13(18)10-16-14(19)11-5-7-12(15)8-6-11/h5-8H,3-4,9-10H2,1-2H3,(H,16,19). The molecule has 0 atom stereocenters. The summed E-state index contributed by atoms with van der Waals surface area (Å²) in [4.78, 5) is 25.2. The van der Waals surface area contributed by atoms with E-state index < -0.39 is 0 Å². The zero-order chi connectivity index (χ0) is 14.3. The van der Waals surface area contributed by atoms with E-state index in [1.807, 2.05) is 0 Å². The Morgan fingerprint density at radius 1 is 1.26 bits per heavy atom. The summed E-state index contributed by atoms with van der Waals surface area (Å²) < 4.78 is 0.916. The van der Waals surface area contributed by atoms with Gasteiger partial charge in [0, 0.05) is 23.6 Å². The molecule has 4 nitrogen and oxygen atoms in total. The maximum atomic E-state index is 11.8. The summed E-state index contributed by atoms with van der Waals surface area (Å²) in [6, 6.07) is 7.02. The van der Waals surface area contributed by atoms with Crippen LogP contribution >= 0.6 is 15.9 Å². The SMILES string of the molecule is CCCCN(C)C(=O)CNC(=O)c1ccc(Br)cc1. The lowest BCUT2D eigenvalue weighted by atomic mass is 10.2. The summed E-state index contributed by atoms with van der Waals surface area (Å²) in [6.07, 6.45) is 2.02. The Morgan fingerprint density at radius 3 is 2.47 bits per heavy atom. The van der Waals surface area contributed by atoms with Gasteiger partial charge in [0.05, 0.1) is 6.54 Å². The van der Waals surface area contributed by atoms with Crippen LogP contribution in [0.4, 0.5) is 0 Å². The van der Waals surface area contributed by atoms with Crippen molar-refractivity contribution in [1.29, 1.82) is 0 Å². The molecule has 0 saturated heterocycles. The highest BCUT2D eigenvalue weighted by molar-refractivity contribution is 9.10. The first kappa shape index (κ1) is 15.7. The van der Waals surface area contributed by atoms with Crippen LogP contribution in [0.25, 0.3) is 0 Å². The van der Waals surface area contributed by atoms with Gasteiger partial charge in [-0.25, -0.2) is 0 Å². The molecule has 0 aliphatic heterocycles. The van der Waals surface area contributed by atoms with E-state index in [-0.39, 0.29) is 18.4 Å². The second-order valence-corrected chi connectivity index (χ2v) is 5.27. The molecule has 1 aromatic rings. The number of halogens is 1. The molecule has 0 aliphatic carbocycles. The Morgan fingerprint density at radius 2 is 1.89 bits per heavy atom. The van der Waals surface area contributed by atoms with Gasteiger partial charge in [-0.3, -0.25) is 9.59 Å². The van der Waals surface area contributed by atoms with Crippen molar-refractivity contribution < 1.29 is 9.59 Å². The molecule has 1 aromatic carbocycles. The molecule has 104 valence electrons. The third-order valence-corrected chi connectivity index (χ3v) is 3.31. The van der Waals surface area contributed by atoms with E-state index >= 15 is 0 Å². The molecule has 0 spiro atoms. The van der Waals surface area contributed by atoms with Crippen molar-refractivity contribution >= 4 is 27.7 Å². The summed E-state index contributed by atoms with van der Waals surface area (Å²) >= 11 is 3.31. The predicted octanol–water partition coefficient (Wildman–Crippen LogP) is 2.44. The van der Waals surface area contributed by atoms with Crippen LogP contribution in [0.5, 0.6) is 0 Å². The number of likely N-dealkylation sites (N-methyl/N-ethyl adjacent to an activating group) is 1. The first-order valence-corrected chi connectivity index (χ1v) is 7.11. The molecule has 0 saturated carbocycles. The molecule has 2 amide bonds. The normalized spacial score (nSPS) is 10.1. The molecule has 0 unspecified atom stereocenters. The molecule has 0 aliphatic rings. The maximum Gasteiger partial charge on any atom is 0.251 e. The summed E-state index contributed by atoms with van der Waals surface area (Å²) in [5.41, 5.74) is 0.548. The van der Waals surface area contributed by atoms with E-state index in [1.165, 1.54) is 0 Å². The number of carbonyl (C=O) groups is 2. The van der Waals surface area contributed by atoms with Crippen LogP contribution in [0.2, 0.25) is 0 Å². The predicted molar refractivity (Wildman–Crippen MR) is 79.0 cm³/mol. The van der Waals surface area contributed by atoms with Crippen LogP contribution in [0, 0.1) is 0 Å². The molecule has 0 bridgehead atoms. The van der Waals surface area contributed by atoms with Crippen molar-refractivity contribution in [3.63, 3.8) is 0 Å². The van der Waals surface area contributed by atoms with Crippen molar-refractivity contribution in [1.82, 2.24) is 10.2 Å². The van der Waals surface area contributed by atoms with E-state index in [1.54, 1.807) is 36.2 Å². The number of nitrogens with zero attached hydrogens (tertiary/aromatic N) is 1. The first-order chi connectivity index (χ1) is 9.04. The zero-order valence-electron chi connectivity index (χ0n) is 11.3. The topological polar surface area (TPSA) is 49.4 Å². The number of amides is 2. The quantitative estimate of drug-likeness (QED) is 0.872. The van der Waals surface area contributed by atoms with Crippen LogP contribution < -0.4 is 5.32 Å². The van der Waals surface area contributed by atoms with Gasteiger partial charge in [-0.05, 0) is 30.7 Å². The van der Waals surface area contributed by atoms with Gasteiger partial charge in [0.2, 0.25) is 5.91 Å². The van der Waals surface area contributed by atoms with Crippen LogP contribution in [0.3, 0.4) is 0 Å². The minimum atomic E-state index is -0.232. The van der Waals surface area contributed by atoms with Crippen LogP contribution in [-0.2, 0) is 4.79 Å². The Balaban J connectivity index is 2.41. The van der Waals surface area contributed by atoms with Crippen LogP contribution in [-0.4, -0.2) is 36.9 Å². The van der Waals surface area contributed by atoms with E-state index in [0.29, 0.717) is 5.56 Å². The number of hydrogen-bond donors (Lipinski definition) is 1. The van der Waals surface area contributed by atoms with E-state index in [0.717, 1.165) is 23.9 Å². The Bertz CT molecular complexity index is 432. The fourth-order valence-corrected chi connectivity index (χ4v) is 1.78. The fraction of sp³-hybridized carbons (Fsp3) is 0.429. The minimum Gasteiger partial charge on any atom is -0.344 e. The van der Waals surface area contributed by atoms with Gasteiger partial charge in [-0.1, -0.05) is 29.3 Å². The molecule has 1 rings (SSSR count). The van der Waals surface area contributed by atoms with Gasteiger partial charge in [0.1, 0.15) is 0 Å². The lowest BCUT2D eigenvalue weighted by Gasteiger charge is -2.16.